The first-order valence-electron chi connectivity index (χ1n) is 13.8. The van der Waals surface area contributed by atoms with Crippen molar-refractivity contribution in [2.75, 3.05) is 0 Å². The molecule has 0 heterocycles. The Balaban J connectivity index is 1.63. The smallest absolute Gasteiger partial charge is 0.355 e. The van der Waals surface area contributed by atoms with Gasteiger partial charge in [0, 0.05) is 6.42 Å². The molecule has 0 radical (unpaired) electrons. The maximum atomic E-state index is 12.9. The first-order valence-corrected chi connectivity index (χ1v) is 13.8. The second kappa shape index (κ2) is 17.7. The molecule has 0 aliphatic heterocycles. The van der Waals surface area contributed by atoms with Gasteiger partial charge in [-0.2, -0.15) is 0 Å². The first kappa shape index (κ1) is 29.5. The molecule has 0 saturated heterocycles. The minimum Gasteiger partial charge on any atom is -0.390 e. The van der Waals surface area contributed by atoms with E-state index in [4.69, 9.17) is 4.74 Å². The Kier molecular flexibility index (Phi) is 14.5. The fraction of sp³-hybridized carbons (Fsp3) is 0.500. The summed E-state index contributed by atoms with van der Waals surface area (Å²) in [6, 6.07) is 17.2. The summed E-state index contributed by atoms with van der Waals surface area (Å²) in [7, 11) is 0. The van der Waals surface area contributed by atoms with Crippen molar-refractivity contribution in [1.29, 1.82) is 0 Å². The molecule has 0 spiro atoms. The fourth-order valence-electron chi connectivity index (χ4n) is 4.33. The van der Waals surface area contributed by atoms with Crippen LogP contribution in [0.3, 0.4) is 0 Å². The standard InChI is InChI=1S/C32H44O4/c1-2-3-4-5-6-7-8-9-10-11-12-13-14-15-22-27-30(33)36-31(34)32(35,28-23-18-16-19-24-28)29-25-20-17-21-26-29/h9-10,16-21,23-26,35H,2-8,11-15,22,27H2,1H3/b10-9-. The summed E-state index contributed by atoms with van der Waals surface area (Å²) < 4.78 is 5.11. The third-order valence-corrected chi connectivity index (χ3v) is 6.53. The van der Waals surface area contributed by atoms with Gasteiger partial charge in [0.2, 0.25) is 5.60 Å². The number of hydrogen-bond donors (Lipinski definition) is 1. The van der Waals surface area contributed by atoms with Crippen LogP contribution in [0.15, 0.2) is 72.8 Å². The van der Waals surface area contributed by atoms with E-state index in [1.807, 2.05) is 0 Å². The number of carbonyl (C=O) groups excluding carboxylic acids is 2. The van der Waals surface area contributed by atoms with Crippen molar-refractivity contribution >= 4 is 11.9 Å². The number of benzene rings is 2. The van der Waals surface area contributed by atoms with Gasteiger partial charge in [0.05, 0.1) is 0 Å². The summed E-state index contributed by atoms with van der Waals surface area (Å²) in [6.07, 6.45) is 20.1. The van der Waals surface area contributed by atoms with Gasteiger partial charge in [0.1, 0.15) is 0 Å². The average molecular weight is 493 g/mol. The third kappa shape index (κ3) is 10.5. The predicted molar refractivity (Wildman–Crippen MR) is 146 cm³/mol. The van der Waals surface area contributed by atoms with Crippen LogP contribution in [0.2, 0.25) is 0 Å². The molecule has 0 aliphatic rings. The molecule has 0 saturated carbocycles. The van der Waals surface area contributed by atoms with Gasteiger partial charge < -0.3 is 9.84 Å². The number of allylic oxidation sites excluding steroid dienone is 2. The van der Waals surface area contributed by atoms with Crippen LogP contribution in [-0.2, 0) is 19.9 Å². The van der Waals surface area contributed by atoms with Crippen molar-refractivity contribution in [3.05, 3.63) is 83.9 Å². The lowest BCUT2D eigenvalue weighted by molar-refractivity contribution is -0.172. The van der Waals surface area contributed by atoms with Gasteiger partial charge in [-0.15, -0.1) is 0 Å². The molecule has 196 valence electrons. The Labute approximate surface area is 217 Å². The molecule has 4 heteroatoms. The van der Waals surface area contributed by atoms with Crippen LogP contribution in [0.25, 0.3) is 0 Å². The third-order valence-electron chi connectivity index (χ3n) is 6.53. The summed E-state index contributed by atoms with van der Waals surface area (Å²) in [6.45, 7) is 2.25. The van der Waals surface area contributed by atoms with Gasteiger partial charge >= 0.3 is 11.9 Å². The Morgan fingerprint density at radius 1 is 0.694 bits per heavy atom. The second-order valence-electron chi connectivity index (χ2n) is 9.54. The van der Waals surface area contributed by atoms with Gasteiger partial charge in [0.25, 0.3) is 0 Å². The zero-order chi connectivity index (χ0) is 25.9. The Morgan fingerprint density at radius 2 is 1.14 bits per heavy atom. The minimum absolute atomic E-state index is 0.170. The van der Waals surface area contributed by atoms with E-state index in [0.29, 0.717) is 17.5 Å². The molecule has 1 N–H and O–H groups in total. The van der Waals surface area contributed by atoms with E-state index in [1.54, 1.807) is 60.7 Å². The van der Waals surface area contributed by atoms with Gasteiger partial charge in [0.15, 0.2) is 0 Å². The van der Waals surface area contributed by atoms with Crippen LogP contribution in [0.4, 0.5) is 0 Å². The maximum absolute atomic E-state index is 12.9. The molecule has 36 heavy (non-hydrogen) atoms. The van der Waals surface area contributed by atoms with Crippen LogP contribution in [0.5, 0.6) is 0 Å². The summed E-state index contributed by atoms with van der Waals surface area (Å²) in [5, 5.41) is 11.3. The van der Waals surface area contributed by atoms with E-state index in [-0.39, 0.29) is 6.42 Å². The van der Waals surface area contributed by atoms with Gasteiger partial charge in [-0.25, -0.2) is 4.79 Å². The molecule has 4 nitrogen and oxygen atoms in total. The molecular formula is C32H44O4. The van der Waals surface area contributed by atoms with E-state index in [1.165, 1.54) is 44.9 Å². The van der Waals surface area contributed by atoms with Crippen LogP contribution >= 0.6 is 0 Å². The number of unbranched alkanes of at least 4 members (excludes halogenated alkanes) is 11. The lowest BCUT2D eigenvalue weighted by Crippen LogP contribution is -2.39. The van der Waals surface area contributed by atoms with Gasteiger partial charge in [-0.05, 0) is 43.2 Å². The van der Waals surface area contributed by atoms with E-state index in [2.05, 4.69) is 19.1 Å². The van der Waals surface area contributed by atoms with Crippen molar-refractivity contribution in [2.24, 2.45) is 0 Å². The summed E-state index contributed by atoms with van der Waals surface area (Å²) in [4.78, 5) is 25.3. The minimum atomic E-state index is -2.03. The lowest BCUT2D eigenvalue weighted by atomic mass is 9.86. The van der Waals surface area contributed by atoms with E-state index < -0.39 is 17.5 Å². The van der Waals surface area contributed by atoms with Crippen LogP contribution in [0, 0.1) is 0 Å². The topological polar surface area (TPSA) is 63.6 Å². The summed E-state index contributed by atoms with van der Waals surface area (Å²) in [5.74, 6) is -1.56. The molecule has 0 atom stereocenters. The summed E-state index contributed by atoms with van der Waals surface area (Å²) in [5.41, 5.74) is -1.29. The molecule has 0 bridgehead atoms. The van der Waals surface area contributed by atoms with Crippen molar-refractivity contribution in [3.63, 3.8) is 0 Å². The quantitative estimate of drug-likeness (QED) is 0.0990. The number of aliphatic hydroxyl groups is 1. The monoisotopic (exact) mass is 492 g/mol. The number of hydrogen-bond acceptors (Lipinski definition) is 4. The number of esters is 2. The molecule has 0 amide bonds. The predicted octanol–water partition coefficient (Wildman–Crippen LogP) is 8.03. The largest absolute Gasteiger partial charge is 0.390 e. The lowest BCUT2D eigenvalue weighted by Gasteiger charge is -2.26. The van der Waals surface area contributed by atoms with E-state index >= 15 is 0 Å². The zero-order valence-corrected chi connectivity index (χ0v) is 22.0. The Hall–Kier alpha value is -2.72. The highest BCUT2D eigenvalue weighted by Crippen LogP contribution is 2.31. The van der Waals surface area contributed by atoms with E-state index in [0.717, 1.165) is 32.1 Å². The molecule has 2 rings (SSSR count). The number of ether oxygens (including phenoxy) is 1. The molecule has 2 aromatic carbocycles. The maximum Gasteiger partial charge on any atom is 0.355 e. The van der Waals surface area contributed by atoms with Crippen molar-refractivity contribution < 1.29 is 19.4 Å². The van der Waals surface area contributed by atoms with Crippen LogP contribution < -0.4 is 0 Å². The van der Waals surface area contributed by atoms with Crippen molar-refractivity contribution in [1.82, 2.24) is 0 Å². The second-order valence-corrected chi connectivity index (χ2v) is 9.54. The first-order chi connectivity index (χ1) is 17.6. The molecule has 0 unspecified atom stereocenters. The highest BCUT2D eigenvalue weighted by molar-refractivity contribution is 5.93. The van der Waals surface area contributed by atoms with Gasteiger partial charge in [-0.3, -0.25) is 4.79 Å². The highest BCUT2D eigenvalue weighted by Gasteiger charge is 2.42. The molecule has 0 aromatic heterocycles. The number of rotatable bonds is 18. The Morgan fingerprint density at radius 3 is 1.64 bits per heavy atom. The SMILES string of the molecule is CCCCCCCC/C=C\CCCCCCCC(=O)OC(=O)C(O)(c1ccccc1)c1ccccc1. The number of carbonyl (C=O) groups is 2. The zero-order valence-electron chi connectivity index (χ0n) is 22.0. The normalized spacial score (nSPS) is 11.6. The summed E-state index contributed by atoms with van der Waals surface area (Å²) >= 11 is 0. The average Bonchev–Trinajstić information content (AvgIpc) is 2.91. The Bertz CT molecular complexity index is 849. The molecule has 0 aliphatic carbocycles. The van der Waals surface area contributed by atoms with Crippen LogP contribution in [-0.4, -0.2) is 17.0 Å². The molecule has 2 aromatic rings. The van der Waals surface area contributed by atoms with Crippen molar-refractivity contribution in [3.8, 4) is 0 Å². The molecular weight excluding hydrogens is 448 g/mol. The van der Waals surface area contributed by atoms with Crippen LogP contribution in [0.1, 0.15) is 108 Å². The highest BCUT2D eigenvalue weighted by atomic mass is 16.6. The molecule has 0 fully saturated rings. The fourth-order valence-corrected chi connectivity index (χ4v) is 4.33. The van der Waals surface area contributed by atoms with Gasteiger partial charge in [-0.1, -0.05) is 131 Å². The van der Waals surface area contributed by atoms with Crippen molar-refractivity contribution in [2.45, 2.75) is 102 Å². The van der Waals surface area contributed by atoms with E-state index in [9.17, 15) is 14.7 Å².